The minimum absolute atomic E-state index is 0.0628. The fourth-order valence-electron chi connectivity index (χ4n) is 7.15. The van der Waals surface area contributed by atoms with Crippen LogP contribution in [0.3, 0.4) is 0 Å². The van der Waals surface area contributed by atoms with Crippen molar-refractivity contribution in [2.45, 2.75) is 6.92 Å². The molecule has 8 aromatic rings. The normalized spacial score (nSPS) is 11.4. The van der Waals surface area contributed by atoms with Gasteiger partial charge in [-0.1, -0.05) is 54.1 Å². The Labute approximate surface area is 402 Å². The molecule has 0 bridgehead atoms. The molecule has 0 aliphatic carbocycles. The van der Waals surface area contributed by atoms with Crippen LogP contribution in [-0.4, -0.2) is 53.2 Å². The van der Waals surface area contributed by atoms with Gasteiger partial charge < -0.3 is 49.5 Å². The smallest absolute Gasteiger partial charge is 0.336 e. The van der Waals surface area contributed by atoms with Gasteiger partial charge in [0.25, 0.3) is 11.8 Å². The van der Waals surface area contributed by atoms with Crippen molar-refractivity contribution in [3.05, 3.63) is 216 Å². The molecule has 0 fully saturated rings. The van der Waals surface area contributed by atoms with Gasteiger partial charge in [0.05, 0.1) is 22.3 Å². The van der Waals surface area contributed by atoms with Crippen molar-refractivity contribution >= 4 is 52.5 Å². The van der Waals surface area contributed by atoms with Crippen LogP contribution in [0.5, 0.6) is 46.0 Å². The predicted octanol–water partition coefficient (Wildman–Crippen LogP) is 10.4. The zero-order valence-electron chi connectivity index (χ0n) is 37.9. The highest BCUT2D eigenvalue weighted by atomic mass is 31.2. The SMILES string of the molecule is CNC(=O)c1cc(Oc2ccc(P(=O)(c3ccccc3)c3ccc(Oc4ccc(C(=O)O)c(C(=O)Nc5ccc(Oc6cccc(Oc7ccc(C)cc7)c6)cc5)c4)cc3)cc2)ccc1C(=O)O.CO. The van der Waals surface area contributed by atoms with Crippen LogP contribution in [0.25, 0.3) is 0 Å². The van der Waals surface area contributed by atoms with E-state index in [1.54, 1.807) is 109 Å². The van der Waals surface area contributed by atoms with Crippen LogP contribution in [0.15, 0.2) is 188 Å². The van der Waals surface area contributed by atoms with E-state index in [9.17, 15) is 29.4 Å². The van der Waals surface area contributed by atoms with Gasteiger partial charge in [-0.15, -0.1) is 0 Å². The highest BCUT2D eigenvalue weighted by molar-refractivity contribution is 7.85. The lowest BCUT2D eigenvalue weighted by Crippen LogP contribution is -2.24. The second kappa shape index (κ2) is 22.2. The van der Waals surface area contributed by atoms with Gasteiger partial charge in [0.2, 0.25) is 0 Å². The summed E-state index contributed by atoms with van der Waals surface area (Å²) in [6, 6.07) is 51.9. The van der Waals surface area contributed by atoms with Crippen LogP contribution in [0.1, 0.15) is 47.0 Å². The predicted molar refractivity (Wildman–Crippen MR) is 266 cm³/mol. The fourth-order valence-corrected chi connectivity index (χ4v) is 9.77. The van der Waals surface area contributed by atoms with Gasteiger partial charge in [-0.2, -0.15) is 0 Å². The summed E-state index contributed by atoms with van der Waals surface area (Å²) in [6.07, 6.45) is 0. The van der Waals surface area contributed by atoms with Gasteiger partial charge in [-0.3, -0.25) is 9.59 Å². The Morgan fingerprint density at radius 2 is 0.786 bits per heavy atom. The lowest BCUT2D eigenvalue weighted by atomic mass is 10.1. The van der Waals surface area contributed by atoms with Crippen molar-refractivity contribution in [3.8, 4) is 46.0 Å². The van der Waals surface area contributed by atoms with Crippen LogP contribution in [0.2, 0.25) is 0 Å². The Morgan fingerprint density at radius 1 is 0.414 bits per heavy atom. The van der Waals surface area contributed by atoms with Crippen LogP contribution in [0, 0.1) is 6.92 Å². The summed E-state index contributed by atoms with van der Waals surface area (Å²) in [6.45, 7) is 2.00. The van der Waals surface area contributed by atoms with Crippen LogP contribution < -0.4 is 45.5 Å². The van der Waals surface area contributed by atoms with E-state index in [2.05, 4.69) is 10.6 Å². The summed E-state index contributed by atoms with van der Waals surface area (Å²) in [4.78, 5) is 49.9. The topological polar surface area (TPSA) is 207 Å². The van der Waals surface area contributed by atoms with E-state index in [0.717, 1.165) is 12.7 Å². The standard InChI is InChI=1S/C54H41N2O11P.CH4O/c1-34-11-15-36(16-12-34)64-40-7-6-8-41(31-40)65-37-17-13-35(14-18-37)56-52(58)50-33-43(24-30-48(50)54(61)62)67-39-21-27-46(28-22-39)68(63,44-9-4-3-5-10-44)45-25-19-38(20-26-45)66-42-23-29-47(53(59)60)49(32-42)51(57)55-2;1-2/h3-33H,1-2H3,(H,55,57)(H,56,58)(H,59,60)(H,61,62);2H,1H3. The number of benzene rings is 8. The van der Waals surface area contributed by atoms with Crippen LogP contribution in [-0.2, 0) is 4.57 Å². The number of hydrogen-bond donors (Lipinski definition) is 5. The second-order valence-electron chi connectivity index (χ2n) is 15.2. The molecule has 1 unspecified atom stereocenters. The molecule has 2 amide bonds. The average molecular weight is 957 g/mol. The molecule has 0 aliphatic heterocycles. The van der Waals surface area contributed by atoms with E-state index in [-0.39, 0.29) is 33.8 Å². The summed E-state index contributed by atoms with van der Waals surface area (Å²) < 4.78 is 39.3. The maximum atomic E-state index is 15.3. The van der Waals surface area contributed by atoms with E-state index < -0.39 is 30.9 Å². The van der Waals surface area contributed by atoms with Gasteiger partial charge in [-0.25, -0.2) is 9.59 Å². The number of ether oxygens (including phenoxy) is 4. The number of nitrogens with one attached hydrogen (secondary N) is 2. The molecule has 8 rings (SSSR count). The highest BCUT2D eigenvalue weighted by Crippen LogP contribution is 2.43. The molecular weight excluding hydrogens is 912 g/mol. The number of anilines is 1. The molecule has 352 valence electrons. The van der Waals surface area contributed by atoms with E-state index in [1.165, 1.54) is 43.4 Å². The zero-order chi connectivity index (χ0) is 49.8. The van der Waals surface area contributed by atoms with E-state index in [4.69, 9.17) is 24.1 Å². The van der Waals surface area contributed by atoms with Crippen molar-refractivity contribution in [2.75, 3.05) is 19.5 Å². The molecule has 0 saturated carbocycles. The minimum atomic E-state index is -3.49. The summed E-state index contributed by atoms with van der Waals surface area (Å²) in [5.74, 6) is -0.382. The van der Waals surface area contributed by atoms with Gasteiger partial charge in [0.1, 0.15) is 46.0 Å². The first-order valence-corrected chi connectivity index (χ1v) is 23.1. The number of hydrogen-bond acceptors (Lipinski definition) is 10. The monoisotopic (exact) mass is 956 g/mol. The molecule has 0 saturated heterocycles. The average Bonchev–Trinajstić information content (AvgIpc) is 3.38. The third kappa shape index (κ3) is 11.6. The number of aliphatic hydroxyl groups is 1. The maximum Gasteiger partial charge on any atom is 0.336 e. The lowest BCUT2D eigenvalue weighted by Gasteiger charge is -2.21. The number of carboxylic acids is 2. The molecule has 8 aromatic carbocycles. The lowest BCUT2D eigenvalue weighted by molar-refractivity contribution is 0.0683. The molecule has 1 atom stereocenters. The first-order valence-electron chi connectivity index (χ1n) is 21.4. The molecule has 15 heteroatoms. The Hall–Kier alpha value is -8.97. The summed E-state index contributed by atoms with van der Waals surface area (Å²) in [5.41, 5.74) is 0.909. The molecule has 14 nitrogen and oxygen atoms in total. The summed E-state index contributed by atoms with van der Waals surface area (Å²) in [7, 11) is -1.09. The molecule has 70 heavy (non-hydrogen) atoms. The number of carbonyl (C=O) groups excluding carboxylic acids is 2. The first-order chi connectivity index (χ1) is 33.9. The zero-order valence-corrected chi connectivity index (χ0v) is 38.8. The third-order valence-corrected chi connectivity index (χ3v) is 13.6. The molecular formula is C55H45N2O12P. The summed E-state index contributed by atoms with van der Waals surface area (Å²) in [5, 5.41) is 33.3. The molecule has 0 spiro atoms. The second-order valence-corrected chi connectivity index (χ2v) is 18.0. The number of aliphatic hydroxyl groups excluding tert-OH is 1. The summed E-state index contributed by atoms with van der Waals surface area (Å²) >= 11 is 0. The van der Waals surface area contributed by atoms with Gasteiger partial charge in [-0.05, 0) is 140 Å². The largest absolute Gasteiger partial charge is 0.478 e. The van der Waals surface area contributed by atoms with Gasteiger partial charge in [0.15, 0.2) is 7.14 Å². The third-order valence-electron chi connectivity index (χ3n) is 10.6. The van der Waals surface area contributed by atoms with Gasteiger partial charge in [0, 0.05) is 41.8 Å². The number of carbonyl (C=O) groups is 4. The Balaban J connectivity index is 0.00000356. The maximum absolute atomic E-state index is 15.3. The molecule has 0 heterocycles. The number of aryl methyl sites for hydroxylation is 1. The van der Waals surface area contributed by atoms with Crippen molar-refractivity contribution < 1.29 is 58.0 Å². The van der Waals surface area contributed by atoms with Gasteiger partial charge >= 0.3 is 11.9 Å². The van der Waals surface area contributed by atoms with E-state index in [1.807, 2.05) is 49.4 Å². The minimum Gasteiger partial charge on any atom is -0.478 e. The Morgan fingerprint density at radius 3 is 1.21 bits per heavy atom. The highest BCUT2D eigenvalue weighted by Gasteiger charge is 2.30. The number of aromatic carboxylic acids is 2. The molecule has 0 radical (unpaired) electrons. The van der Waals surface area contributed by atoms with Crippen molar-refractivity contribution in [3.63, 3.8) is 0 Å². The fraction of sp³-hybridized carbons (Fsp3) is 0.0545. The molecule has 0 aliphatic rings. The van der Waals surface area contributed by atoms with Crippen molar-refractivity contribution in [1.82, 2.24) is 5.32 Å². The van der Waals surface area contributed by atoms with Crippen molar-refractivity contribution in [2.24, 2.45) is 0 Å². The quantitative estimate of drug-likeness (QED) is 0.0574. The van der Waals surface area contributed by atoms with Crippen LogP contribution in [0.4, 0.5) is 5.69 Å². The van der Waals surface area contributed by atoms with E-state index in [0.29, 0.717) is 56.1 Å². The Kier molecular flexibility index (Phi) is 15.5. The van der Waals surface area contributed by atoms with Crippen molar-refractivity contribution in [1.29, 1.82) is 0 Å². The number of amides is 2. The van der Waals surface area contributed by atoms with E-state index >= 15 is 4.57 Å². The molecule has 0 aromatic heterocycles. The first kappa shape index (κ1) is 48.9. The number of rotatable bonds is 16. The van der Waals surface area contributed by atoms with Crippen LogP contribution >= 0.6 is 7.14 Å². The Bertz CT molecular complexity index is 3200. The molecule has 5 N–H and O–H groups in total. The number of carboxylic acid groups (broad SMARTS) is 2.